The zero-order valence-corrected chi connectivity index (χ0v) is 15.8. The zero-order valence-electron chi connectivity index (χ0n) is 14.9. The number of anilines is 1. The molecule has 1 aliphatic rings. The Kier molecular flexibility index (Phi) is 6.18. The van der Waals surface area contributed by atoms with Crippen molar-refractivity contribution in [2.45, 2.75) is 32.6 Å². The molecule has 27 heavy (non-hydrogen) atoms. The molecule has 2 heterocycles. The largest absolute Gasteiger partial charge is 0.462 e. The van der Waals surface area contributed by atoms with Crippen molar-refractivity contribution in [2.24, 2.45) is 0 Å². The van der Waals surface area contributed by atoms with Gasteiger partial charge in [-0.1, -0.05) is 6.07 Å². The summed E-state index contributed by atoms with van der Waals surface area (Å²) < 4.78 is 10.1. The van der Waals surface area contributed by atoms with E-state index in [1.54, 1.807) is 19.1 Å². The Bertz CT molecular complexity index is 847. The number of nitrogens with zero attached hydrogens (tertiary/aromatic N) is 1. The highest BCUT2D eigenvalue weighted by Gasteiger charge is 2.27. The van der Waals surface area contributed by atoms with Gasteiger partial charge in [-0.05, 0) is 50.3 Å². The number of nitrogens with one attached hydrogen (secondary N) is 1. The van der Waals surface area contributed by atoms with Crippen LogP contribution in [-0.2, 0) is 27.1 Å². The summed E-state index contributed by atoms with van der Waals surface area (Å²) in [5.74, 6) is -1.62. The number of amides is 1. The summed E-state index contributed by atoms with van der Waals surface area (Å²) >= 11 is 1.39. The average molecular weight is 388 g/mol. The molecule has 1 amide bonds. The van der Waals surface area contributed by atoms with Crippen LogP contribution in [0.4, 0.5) is 5.00 Å². The second-order valence-electron chi connectivity index (χ2n) is 5.97. The van der Waals surface area contributed by atoms with Gasteiger partial charge in [0.05, 0.1) is 12.2 Å². The van der Waals surface area contributed by atoms with E-state index >= 15 is 0 Å². The van der Waals surface area contributed by atoms with Gasteiger partial charge in [0.15, 0.2) is 6.61 Å². The third-order valence-electron chi connectivity index (χ3n) is 4.11. The van der Waals surface area contributed by atoms with Crippen LogP contribution in [0.5, 0.6) is 0 Å². The normalized spacial score (nSPS) is 12.8. The summed E-state index contributed by atoms with van der Waals surface area (Å²) in [4.78, 5) is 41.5. The fourth-order valence-electron chi connectivity index (χ4n) is 2.92. The van der Waals surface area contributed by atoms with Gasteiger partial charge in [-0.2, -0.15) is 0 Å². The summed E-state index contributed by atoms with van der Waals surface area (Å²) in [6, 6.07) is 4.84. The number of hydrogen-bond acceptors (Lipinski definition) is 7. The maximum Gasteiger partial charge on any atom is 0.357 e. The summed E-state index contributed by atoms with van der Waals surface area (Å²) in [7, 11) is 0. The number of hydrogen-bond donors (Lipinski definition) is 1. The molecule has 0 radical (unpaired) electrons. The van der Waals surface area contributed by atoms with E-state index in [0.29, 0.717) is 10.6 Å². The van der Waals surface area contributed by atoms with Gasteiger partial charge < -0.3 is 14.8 Å². The van der Waals surface area contributed by atoms with Gasteiger partial charge >= 0.3 is 11.9 Å². The van der Waals surface area contributed by atoms with E-state index in [9.17, 15) is 14.4 Å². The van der Waals surface area contributed by atoms with Crippen LogP contribution in [0, 0.1) is 0 Å². The van der Waals surface area contributed by atoms with E-state index in [1.807, 2.05) is 0 Å². The molecule has 0 saturated heterocycles. The fourth-order valence-corrected chi connectivity index (χ4v) is 4.22. The third kappa shape index (κ3) is 4.51. The molecule has 7 nitrogen and oxygen atoms in total. The van der Waals surface area contributed by atoms with E-state index in [-0.39, 0.29) is 12.3 Å². The molecule has 0 aromatic carbocycles. The van der Waals surface area contributed by atoms with Crippen molar-refractivity contribution < 1.29 is 23.9 Å². The molecule has 0 fully saturated rings. The number of pyridine rings is 1. The van der Waals surface area contributed by atoms with Crippen LogP contribution in [0.2, 0.25) is 0 Å². The highest BCUT2D eigenvalue weighted by molar-refractivity contribution is 7.17. The number of carbonyl (C=O) groups is 3. The van der Waals surface area contributed by atoms with Gasteiger partial charge in [-0.25, -0.2) is 14.6 Å². The van der Waals surface area contributed by atoms with Gasteiger partial charge in [0, 0.05) is 11.1 Å². The van der Waals surface area contributed by atoms with Crippen LogP contribution in [0.3, 0.4) is 0 Å². The van der Waals surface area contributed by atoms with E-state index < -0.39 is 24.5 Å². The number of thiophene rings is 1. The maximum atomic E-state index is 12.4. The van der Waals surface area contributed by atoms with Crippen molar-refractivity contribution in [1.29, 1.82) is 0 Å². The summed E-state index contributed by atoms with van der Waals surface area (Å²) in [6.07, 6.45) is 5.22. The van der Waals surface area contributed by atoms with E-state index in [2.05, 4.69) is 10.3 Å². The summed E-state index contributed by atoms with van der Waals surface area (Å²) in [6.45, 7) is 1.55. The molecule has 3 rings (SSSR count). The zero-order chi connectivity index (χ0) is 19.2. The standard InChI is InChI=1S/C19H20N2O5S/c1-2-25-19(24)16-12-7-3-4-9-14(12)27-17(16)21-15(22)11-26-18(23)13-8-5-6-10-20-13/h5-6,8,10H,2-4,7,9,11H2,1H3,(H,21,22). The molecule has 1 aliphatic carbocycles. The number of aryl methyl sites for hydroxylation is 1. The van der Waals surface area contributed by atoms with E-state index in [1.165, 1.54) is 23.6 Å². The molecule has 1 N–H and O–H groups in total. The summed E-state index contributed by atoms with van der Waals surface area (Å²) in [5, 5.41) is 3.15. The Hall–Kier alpha value is -2.74. The number of ether oxygens (including phenoxy) is 2. The molecule has 0 aliphatic heterocycles. The Morgan fingerprint density at radius 1 is 1.15 bits per heavy atom. The molecule has 0 saturated carbocycles. The highest BCUT2D eigenvalue weighted by atomic mass is 32.1. The van der Waals surface area contributed by atoms with Gasteiger partial charge in [0.2, 0.25) is 0 Å². The van der Waals surface area contributed by atoms with Crippen LogP contribution >= 0.6 is 11.3 Å². The monoisotopic (exact) mass is 388 g/mol. The van der Waals surface area contributed by atoms with Crippen LogP contribution in [0.25, 0.3) is 0 Å². The van der Waals surface area contributed by atoms with E-state index in [4.69, 9.17) is 9.47 Å². The first-order chi connectivity index (χ1) is 13.1. The predicted octanol–water partition coefficient (Wildman–Crippen LogP) is 2.99. The minimum atomic E-state index is -0.679. The lowest BCUT2D eigenvalue weighted by atomic mass is 9.95. The minimum Gasteiger partial charge on any atom is -0.462 e. The van der Waals surface area contributed by atoms with Gasteiger partial charge in [0.25, 0.3) is 5.91 Å². The number of esters is 2. The van der Waals surface area contributed by atoms with Crippen LogP contribution < -0.4 is 5.32 Å². The number of carbonyl (C=O) groups excluding carboxylic acids is 3. The fraction of sp³-hybridized carbons (Fsp3) is 0.368. The number of aromatic nitrogens is 1. The molecular formula is C19H20N2O5S. The van der Waals surface area contributed by atoms with Gasteiger partial charge in [-0.15, -0.1) is 11.3 Å². The molecule has 0 unspecified atom stereocenters. The molecule has 8 heteroatoms. The second-order valence-corrected chi connectivity index (χ2v) is 7.08. The van der Waals surface area contributed by atoms with Crippen molar-refractivity contribution in [3.8, 4) is 0 Å². The molecule has 0 bridgehead atoms. The molecule has 0 atom stereocenters. The molecular weight excluding hydrogens is 368 g/mol. The topological polar surface area (TPSA) is 94.6 Å². The predicted molar refractivity (Wildman–Crippen MR) is 100 cm³/mol. The lowest BCUT2D eigenvalue weighted by Gasteiger charge is -2.12. The van der Waals surface area contributed by atoms with E-state index in [0.717, 1.165) is 36.1 Å². The van der Waals surface area contributed by atoms with Crippen LogP contribution in [0.15, 0.2) is 24.4 Å². The van der Waals surface area contributed by atoms with Crippen molar-refractivity contribution in [3.63, 3.8) is 0 Å². The highest BCUT2D eigenvalue weighted by Crippen LogP contribution is 2.38. The third-order valence-corrected chi connectivity index (χ3v) is 5.32. The first kappa shape index (κ1) is 19.0. The molecule has 2 aromatic rings. The lowest BCUT2D eigenvalue weighted by Crippen LogP contribution is -2.22. The van der Waals surface area contributed by atoms with Gasteiger partial charge in [0.1, 0.15) is 10.7 Å². The molecule has 142 valence electrons. The average Bonchev–Trinajstić information content (AvgIpc) is 3.04. The molecule has 0 spiro atoms. The van der Waals surface area contributed by atoms with Crippen molar-refractivity contribution in [2.75, 3.05) is 18.5 Å². The van der Waals surface area contributed by atoms with Crippen molar-refractivity contribution in [1.82, 2.24) is 4.98 Å². The SMILES string of the molecule is CCOC(=O)c1c(NC(=O)COC(=O)c2ccccn2)sc2c1CCCC2. The van der Waals surface area contributed by atoms with Gasteiger partial charge in [-0.3, -0.25) is 4.79 Å². The number of rotatable bonds is 6. The Balaban J connectivity index is 1.69. The smallest absolute Gasteiger partial charge is 0.357 e. The van der Waals surface area contributed by atoms with Crippen molar-refractivity contribution >= 4 is 34.2 Å². The number of fused-ring (bicyclic) bond motifs is 1. The first-order valence-electron chi connectivity index (χ1n) is 8.79. The van der Waals surface area contributed by atoms with Crippen LogP contribution in [-0.4, -0.2) is 36.0 Å². The van der Waals surface area contributed by atoms with Crippen LogP contribution in [0.1, 0.15) is 51.1 Å². The maximum absolute atomic E-state index is 12.4. The van der Waals surface area contributed by atoms with Crippen molar-refractivity contribution in [3.05, 3.63) is 46.1 Å². The Morgan fingerprint density at radius 2 is 1.96 bits per heavy atom. The second kappa shape index (κ2) is 8.77. The first-order valence-corrected chi connectivity index (χ1v) is 9.61. The molecule has 2 aromatic heterocycles. The lowest BCUT2D eigenvalue weighted by molar-refractivity contribution is -0.119. The minimum absolute atomic E-state index is 0.129. The Labute approximate surface area is 160 Å². The summed E-state index contributed by atoms with van der Waals surface area (Å²) in [5.41, 5.74) is 1.52. The quantitative estimate of drug-likeness (QED) is 0.765. The Morgan fingerprint density at radius 3 is 2.70 bits per heavy atom.